The van der Waals surface area contributed by atoms with Crippen LogP contribution in [0.25, 0.3) is 11.0 Å². The summed E-state index contributed by atoms with van der Waals surface area (Å²) in [5.74, 6) is -0.398. The summed E-state index contributed by atoms with van der Waals surface area (Å²) >= 11 is 3.51. The number of carboxylic acid groups (broad SMARTS) is 1. The van der Waals surface area contributed by atoms with Crippen LogP contribution in [0.15, 0.2) is 57.6 Å². The zero-order chi connectivity index (χ0) is 22.9. The molecule has 0 saturated carbocycles. The predicted molar refractivity (Wildman–Crippen MR) is 122 cm³/mol. The summed E-state index contributed by atoms with van der Waals surface area (Å²) < 4.78 is 20.1. The van der Waals surface area contributed by atoms with E-state index < -0.39 is 11.5 Å². The monoisotopic (exact) mass is 502 g/mol. The molecule has 1 aromatic heterocycles. The number of amides is 2. The minimum absolute atomic E-state index is 0.0576. The molecule has 0 atom stereocenters. The molecule has 3 aromatic rings. The Hall–Kier alpha value is -2.87. The third kappa shape index (κ3) is 4.50. The Kier molecular flexibility index (Phi) is 6.24. The fourth-order valence-electron chi connectivity index (χ4n) is 4.50. The minimum Gasteiger partial charge on any atom is -0.465 e. The molecule has 0 radical (unpaired) electrons. The molecule has 168 valence electrons. The van der Waals surface area contributed by atoms with Gasteiger partial charge in [0.15, 0.2) is 0 Å². The quantitative estimate of drug-likeness (QED) is 0.507. The van der Waals surface area contributed by atoms with Crippen LogP contribution >= 0.6 is 15.9 Å². The van der Waals surface area contributed by atoms with E-state index in [1.165, 1.54) is 17.0 Å². The van der Waals surface area contributed by atoms with Crippen molar-refractivity contribution in [3.63, 3.8) is 0 Å². The predicted octanol–water partition coefficient (Wildman–Crippen LogP) is 5.39. The van der Waals surface area contributed by atoms with Gasteiger partial charge in [-0.05, 0) is 48.7 Å². The van der Waals surface area contributed by atoms with Crippen molar-refractivity contribution in [2.45, 2.75) is 31.2 Å². The number of benzene rings is 2. The summed E-state index contributed by atoms with van der Waals surface area (Å²) in [5.41, 5.74) is 1.96. The highest BCUT2D eigenvalue weighted by Crippen LogP contribution is 2.39. The number of likely N-dealkylation sites (tertiary alicyclic amines) is 1. The van der Waals surface area contributed by atoms with E-state index in [4.69, 9.17) is 4.42 Å². The number of nitrogens with zero attached hydrogens (tertiary/aromatic N) is 2. The van der Waals surface area contributed by atoms with Gasteiger partial charge in [-0.25, -0.2) is 9.18 Å². The van der Waals surface area contributed by atoms with Gasteiger partial charge in [-0.2, -0.15) is 0 Å². The van der Waals surface area contributed by atoms with Crippen molar-refractivity contribution in [3.8, 4) is 0 Å². The van der Waals surface area contributed by atoms with Crippen LogP contribution < -0.4 is 0 Å². The maximum atomic E-state index is 13.5. The molecule has 8 heteroatoms. The molecule has 1 N–H and O–H groups in total. The van der Waals surface area contributed by atoms with Crippen LogP contribution in [-0.2, 0) is 16.8 Å². The topological polar surface area (TPSA) is 74.0 Å². The second kappa shape index (κ2) is 8.94. The van der Waals surface area contributed by atoms with Crippen LogP contribution in [0.5, 0.6) is 0 Å². The first-order chi connectivity index (χ1) is 15.3. The third-order valence-corrected chi connectivity index (χ3v) is 6.82. The maximum absolute atomic E-state index is 13.5. The van der Waals surface area contributed by atoms with E-state index in [9.17, 15) is 19.1 Å². The molecule has 2 aromatic carbocycles. The average molecular weight is 503 g/mol. The molecule has 0 bridgehead atoms. The first-order valence-corrected chi connectivity index (χ1v) is 11.2. The van der Waals surface area contributed by atoms with Gasteiger partial charge in [-0.3, -0.25) is 4.79 Å². The van der Waals surface area contributed by atoms with Crippen LogP contribution in [0.4, 0.5) is 9.18 Å². The van der Waals surface area contributed by atoms with E-state index in [0.717, 1.165) is 26.6 Å². The number of carbonyl (C=O) groups is 2. The summed E-state index contributed by atoms with van der Waals surface area (Å²) in [7, 11) is 1.75. The fraction of sp³-hybridized carbons (Fsp3) is 0.333. The Labute approximate surface area is 193 Å². The zero-order valence-corrected chi connectivity index (χ0v) is 19.3. The van der Waals surface area contributed by atoms with Crippen molar-refractivity contribution < 1.29 is 23.5 Å². The zero-order valence-electron chi connectivity index (χ0n) is 17.7. The van der Waals surface area contributed by atoms with Crippen molar-refractivity contribution in [1.82, 2.24) is 9.80 Å². The van der Waals surface area contributed by atoms with Crippen LogP contribution in [0.3, 0.4) is 0 Å². The summed E-state index contributed by atoms with van der Waals surface area (Å²) in [5, 5.41) is 10.3. The highest BCUT2D eigenvalue weighted by atomic mass is 79.9. The summed E-state index contributed by atoms with van der Waals surface area (Å²) in [4.78, 5) is 27.7. The van der Waals surface area contributed by atoms with E-state index in [-0.39, 0.29) is 18.1 Å². The number of halogens is 2. The summed E-state index contributed by atoms with van der Waals surface area (Å²) in [6.45, 7) is 1.05. The Morgan fingerprint density at radius 2 is 1.88 bits per heavy atom. The van der Waals surface area contributed by atoms with E-state index >= 15 is 0 Å². The highest BCUT2D eigenvalue weighted by molar-refractivity contribution is 9.10. The number of piperidine rings is 1. The lowest BCUT2D eigenvalue weighted by Gasteiger charge is -2.41. The molecule has 1 saturated heterocycles. The van der Waals surface area contributed by atoms with Gasteiger partial charge in [-0.1, -0.05) is 28.1 Å². The smallest absolute Gasteiger partial charge is 0.407 e. The lowest BCUT2D eigenvalue weighted by Crippen LogP contribution is -2.47. The Balaban J connectivity index is 1.56. The lowest BCUT2D eigenvalue weighted by molar-refractivity contribution is -0.132. The van der Waals surface area contributed by atoms with Crippen LogP contribution in [0.1, 0.15) is 30.4 Å². The minimum atomic E-state index is -0.960. The maximum Gasteiger partial charge on any atom is 0.407 e. The molecule has 0 aliphatic carbocycles. The van der Waals surface area contributed by atoms with Gasteiger partial charge < -0.3 is 19.3 Å². The fourth-order valence-corrected chi connectivity index (χ4v) is 5.02. The van der Waals surface area contributed by atoms with Gasteiger partial charge >= 0.3 is 6.09 Å². The average Bonchev–Trinajstić information content (AvgIpc) is 3.23. The Morgan fingerprint density at radius 1 is 1.19 bits per heavy atom. The molecule has 0 spiro atoms. The first-order valence-electron chi connectivity index (χ1n) is 10.4. The molecule has 6 nitrogen and oxygen atoms in total. The summed E-state index contributed by atoms with van der Waals surface area (Å²) in [6.07, 6.45) is 1.89. The van der Waals surface area contributed by atoms with Crippen molar-refractivity contribution in [3.05, 3.63) is 70.1 Å². The second-order valence-corrected chi connectivity index (χ2v) is 9.30. The number of fused-ring (bicyclic) bond motifs is 1. The van der Waals surface area contributed by atoms with E-state index in [0.29, 0.717) is 32.5 Å². The van der Waals surface area contributed by atoms with Gasteiger partial charge in [-0.15, -0.1) is 0 Å². The number of furan rings is 1. The summed E-state index contributed by atoms with van der Waals surface area (Å²) in [6, 6.07) is 12.0. The SMILES string of the molecule is CN(Cc1cc(Br)cc2ccoc12)C(=O)CC1(c2ccc(F)cc2)CCN(C(=O)O)CC1. The number of carbonyl (C=O) groups excluding carboxylic acids is 1. The van der Waals surface area contributed by atoms with E-state index in [1.807, 2.05) is 18.2 Å². The van der Waals surface area contributed by atoms with Gasteiger partial charge in [0.25, 0.3) is 0 Å². The Morgan fingerprint density at radius 3 is 2.53 bits per heavy atom. The molecule has 2 heterocycles. The third-order valence-electron chi connectivity index (χ3n) is 6.36. The van der Waals surface area contributed by atoms with Gasteiger partial charge in [0.1, 0.15) is 11.4 Å². The van der Waals surface area contributed by atoms with Crippen molar-refractivity contribution in [2.75, 3.05) is 20.1 Å². The van der Waals surface area contributed by atoms with E-state index in [2.05, 4.69) is 15.9 Å². The molecular formula is C24H24BrFN2O4. The number of rotatable bonds is 5. The number of hydrogen-bond donors (Lipinski definition) is 1. The molecule has 1 fully saturated rings. The largest absolute Gasteiger partial charge is 0.465 e. The second-order valence-electron chi connectivity index (χ2n) is 8.39. The van der Waals surface area contributed by atoms with Gasteiger partial charge in [0.05, 0.1) is 6.26 Å². The van der Waals surface area contributed by atoms with E-state index in [1.54, 1.807) is 30.3 Å². The normalized spacial score (nSPS) is 15.7. The van der Waals surface area contributed by atoms with Crippen LogP contribution in [0.2, 0.25) is 0 Å². The van der Waals surface area contributed by atoms with Crippen molar-refractivity contribution >= 4 is 38.9 Å². The number of hydrogen-bond acceptors (Lipinski definition) is 3. The highest BCUT2D eigenvalue weighted by Gasteiger charge is 2.40. The van der Waals surface area contributed by atoms with Crippen molar-refractivity contribution in [2.24, 2.45) is 0 Å². The van der Waals surface area contributed by atoms with Gasteiger partial charge in [0, 0.05) is 53.9 Å². The van der Waals surface area contributed by atoms with Crippen molar-refractivity contribution in [1.29, 1.82) is 0 Å². The lowest BCUT2D eigenvalue weighted by atomic mass is 9.70. The standard InChI is InChI=1S/C24H24BrFN2O4/c1-27(15-17-13-19(25)12-16-6-11-32-22(16)17)21(29)14-24(18-2-4-20(26)5-3-18)7-9-28(10-8-24)23(30)31/h2-6,11-13H,7-10,14-15H2,1H3,(H,30,31). The molecule has 2 amide bonds. The van der Waals surface area contributed by atoms with Crippen LogP contribution in [-0.4, -0.2) is 47.0 Å². The van der Waals surface area contributed by atoms with Gasteiger partial charge in [0.2, 0.25) is 5.91 Å². The van der Waals surface area contributed by atoms with Crippen LogP contribution in [0, 0.1) is 5.82 Å². The molecule has 32 heavy (non-hydrogen) atoms. The molecule has 1 aliphatic heterocycles. The molecular weight excluding hydrogens is 479 g/mol. The molecule has 1 aliphatic rings. The molecule has 4 rings (SSSR count). The molecule has 0 unspecified atom stereocenters. The first kappa shape index (κ1) is 22.3. The Bertz CT molecular complexity index is 1140.